The predicted octanol–water partition coefficient (Wildman–Crippen LogP) is 4.01. The average Bonchev–Trinajstić information content (AvgIpc) is 2.31. The minimum Gasteiger partial charge on any atom is -0.508 e. The van der Waals surface area contributed by atoms with Crippen LogP contribution in [-0.4, -0.2) is 10.1 Å². The quantitative estimate of drug-likeness (QED) is 0.836. The molecule has 18 heavy (non-hydrogen) atoms. The third-order valence-corrected chi connectivity index (χ3v) is 3.29. The zero-order valence-corrected chi connectivity index (χ0v) is 11.3. The maximum Gasteiger partial charge on any atom is 0.152 e. The fraction of sp³-hybridized carbons (Fsp3) is 0.154. The van der Waals surface area contributed by atoms with Crippen molar-refractivity contribution in [1.82, 2.24) is 4.98 Å². The van der Waals surface area contributed by atoms with Crippen LogP contribution < -0.4 is 5.32 Å². The van der Waals surface area contributed by atoms with E-state index in [1.807, 2.05) is 13.0 Å². The van der Waals surface area contributed by atoms with Gasteiger partial charge in [0.1, 0.15) is 5.75 Å². The lowest BCUT2D eigenvalue weighted by molar-refractivity contribution is 0.469. The summed E-state index contributed by atoms with van der Waals surface area (Å²) in [5, 5.41) is 13.8. The van der Waals surface area contributed by atoms with Gasteiger partial charge in [-0.05, 0) is 30.7 Å². The molecule has 1 aromatic heterocycles. The van der Waals surface area contributed by atoms with E-state index in [4.69, 9.17) is 23.2 Å². The number of aromatic hydroxyl groups is 1. The summed E-state index contributed by atoms with van der Waals surface area (Å²) in [4.78, 5) is 4.00. The SMILES string of the molecule is Cc1ccnc(Cl)c1NCc1c(O)cccc1Cl. The van der Waals surface area contributed by atoms with Crippen molar-refractivity contribution in [2.24, 2.45) is 0 Å². The molecule has 2 N–H and O–H groups in total. The zero-order valence-electron chi connectivity index (χ0n) is 9.74. The standard InChI is InChI=1S/C13H12Cl2N2O/c1-8-5-6-16-13(15)12(8)17-7-9-10(14)3-2-4-11(9)18/h2-6,17-18H,7H2,1H3. The molecular weight excluding hydrogens is 271 g/mol. The van der Waals surface area contributed by atoms with Gasteiger partial charge in [-0.15, -0.1) is 0 Å². The van der Waals surface area contributed by atoms with Crippen molar-refractivity contribution in [3.05, 3.63) is 51.8 Å². The topological polar surface area (TPSA) is 45.2 Å². The van der Waals surface area contributed by atoms with Crippen molar-refractivity contribution < 1.29 is 5.11 Å². The summed E-state index contributed by atoms with van der Waals surface area (Å²) in [5.74, 6) is 0.160. The maximum absolute atomic E-state index is 9.73. The molecule has 1 aromatic carbocycles. The van der Waals surface area contributed by atoms with E-state index in [2.05, 4.69) is 10.3 Å². The number of anilines is 1. The number of hydrogen-bond donors (Lipinski definition) is 2. The molecule has 0 radical (unpaired) electrons. The average molecular weight is 283 g/mol. The Balaban J connectivity index is 2.22. The van der Waals surface area contributed by atoms with Gasteiger partial charge in [-0.25, -0.2) is 4.98 Å². The minimum absolute atomic E-state index is 0.160. The number of halogens is 2. The lowest BCUT2D eigenvalue weighted by atomic mass is 10.2. The summed E-state index contributed by atoms with van der Waals surface area (Å²) in [7, 11) is 0. The second kappa shape index (κ2) is 5.46. The first kappa shape index (κ1) is 13.0. The number of benzene rings is 1. The highest BCUT2D eigenvalue weighted by atomic mass is 35.5. The summed E-state index contributed by atoms with van der Waals surface area (Å²) >= 11 is 12.0. The molecule has 0 unspecified atom stereocenters. The molecule has 0 amide bonds. The normalized spacial score (nSPS) is 10.4. The first-order valence-electron chi connectivity index (χ1n) is 5.41. The number of aryl methyl sites for hydroxylation is 1. The Bertz CT molecular complexity index is 481. The Morgan fingerprint density at radius 2 is 2.06 bits per heavy atom. The highest BCUT2D eigenvalue weighted by Gasteiger charge is 2.09. The van der Waals surface area contributed by atoms with Crippen molar-refractivity contribution in [2.45, 2.75) is 13.5 Å². The molecule has 0 saturated carbocycles. The highest BCUT2D eigenvalue weighted by Crippen LogP contribution is 2.28. The molecule has 3 nitrogen and oxygen atoms in total. The molecule has 2 aromatic rings. The van der Waals surface area contributed by atoms with E-state index < -0.39 is 0 Å². The van der Waals surface area contributed by atoms with Crippen LogP contribution in [0.3, 0.4) is 0 Å². The van der Waals surface area contributed by atoms with Crippen LogP contribution >= 0.6 is 23.2 Å². The van der Waals surface area contributed by atoms with Crippen LogP contribution in [0.15, 0.2) is 30.5 Å². The molecule has 0 aliphatic rings. The first-order chi connectivity index (χ1) is 8.59. The highest BCUT2D eigenvalue weighted by molar-refractivity contribution is 6.32. The van der Waals surface area contributed by atoms with Crippen molar-refractivity contribution in [3.8, 4) is 5.75 Å². The van der Waals surface area contributed by atoms with Gasteiger partial charge in [0, 0.05) is 23.3 Å². The molecule has 0 saturated heterocycles. The molecule has 0 atom stereocenters. The largest absolute Gasteiger partial charge is 0.508 e. The Kier molecular flexibility index (Phi) is 3.94. The van der Waals surface area contributed by atoms with E-state index >= 15 is 0 Å². The minimum atomic E-state index is 0.160. The second-order valence-corrected chi connectivity index (χ2v) is 4.65. The summed E-state index contributed by atoms with van der Waals surface area (Å²) in [6.45, 7) is 2.32. The van der Waals surface area contributed by atoms with Crippen LogP contribution in [0.2, 0.25) is 10.2 Å². The first-order valence-corrected chi connectivity index (χ1v) is 6.16. The van der Waals surface area contributed by atoms with Crippen molar-refractivity contribution in [3.63, 3.8) is 0 Å². The monoisotopic (exact) mass is 282 g/mol. The Hall–Kier alpha value is -1.45. The Morgan fingerprint density at radius 1 is 1.28 bits per heavy atom. The summed E-state index contributed by atoms with van der Waals surface area (Å²) in [6.07, 6.45) is 1.65. The number of rotatable bonds is 3. The lowest BCUT2D eigenvalue weighted by Crippen LogP contribution is -2.03. The Labute approximate surface area is 115 Å². The number of phenols is 1. The van der Waals surface area contributed by atoms with E-state index in [-0.39, 0.29) is 5.75 Å². The molecular formula is C13H12Cl2N2O. The van der Waals surface area contributed by atoms with Crippen LogP contribution in [0.4, 0.5) is 5.69 Å². The number of hydrogen-bond acceptors (Lipinski definition) is 3. The molecule has 0 aliphatic carbocycles. The van der Waals surface area contributed by atoms with E-state index in [9.17, 15) is 5.11 Å². The summed E-state index contributed by atoms with van der Waals surface area (Å²) in [5.41, 5.74) is 2.37. The molecule has 0 bridgehead atoms. The van der Waals surface area contributed by atoms with E-state index in [1.54, 1.807) is 24.4 Å². The molecule has 1 heterocycles. The van der Waals surface area contributed by atoms with Crippen LogP contribution in [0.5, 0.6) is 5.75 Å². The summed E-state index contributed by atoms with van der Waals surface area (Å²) in [6, 6.07) is 6.89. The van der Waals surface area contributed by atoms with Gasteiger partial charge >= 0.3 is 0 Å². The Morgan fingerprint density at radius 3 is 2.72 bits per heavy atom. The predicted molar refractivity (Wildman–Crippen MR) is 74.4 cm³/mol. The molecule has 0 aliphatic heterocycles. The lowest BCUT2D eigenvalue weighted by Gasteiger charge is -2.12. The fourth-order valence-electron chi connectivity index (χ4n) is 1.64. The van der Waals surface area contributed by atoms with E-state index in [0.717, 1.165) is 11.3 Å². The van der Waals surface area contributed by atoms with Gasteiger partial charge in [0.05, 0.1) is 5.69 Å². The van der Waals surface area contributed by atoms with Gasteiger partial charge in [-0.2, -0.15) is 0 Å². The molecule has 2 rings (SSSR count). The third kappa shape index (κ3) is 2.68. The van der Waals surface area contributed by atoms with Gasteiger partial charge in [0.2, 0.25) is 0 Å². The number of nitrogens with one attached hydrogen (secondary N) is 1. The number of pyridine rings is 1. The fourth-order valence-corrected chi connectivity index (χ4v) is 2.15. The molecule has 0 spiro atoms. The van der Waals surface area contributed by atoms with Crippen LogP contribution in [0.1, 0.15) is 11.1 Å². The number of aromatic nitrogens is 1. The number of phenolic OH excluding ortho intramolecular Hbond substituents is 1. The van der Waals surface area contributed by atoms with Crippen molar-refractivity contribution in [1.29, 1.82) is 0 Å². The van der Waals surface area contributed by atoms with E-state index in [1.165, 1.54) is 0 Å². The zero-order chi connectivity index (χ0) is 13.1. The van der Waals surface area contributed by atoms with Gasteiger partial charge in [0.25, 0.3) is 0 Å². The maximum atomic E-state index is 9.73. The van der Waals surface area contributed by atoms with Crippen LogP contribution in [-0.2, 0) is 6.54 Å². The molecule has 5 heteroatoms. The second-order valence-electron chi connectivity index (χ2n) is 3.88. The van der Waals surface area contributed by atoms with Gasteiger partial charge in [-0.3, -0.25) is 0 Å². The van der Waals surface area contributed by atoms with Gasteiger partial charge in [0.15, 0.2) is 5.15 Å². The summed E-state index contributed by atoms with van der Waals surface area (Å²) < 4.78 is 0. The molecule has 94 valence electrons. The third-order valence-electron chi connectivity index (χ3n) is 2.65. The van der Waals surface area contributed by atoms with Gasteiger partial charge < -0.3 is 10.4 Å². The van der Waals surface area contributed by atoms with Crippen molar-refractivity contribution in [2.75, 3.05) is 5.32 Å². The smallest absolute Gasteiger partial charge is 0.152 e. The number of nitrogens with zero attached hydrogens (tertiary/aromatic N) is 1. The molecule has 0 fully saturated rings. The van der Waals surface area contributed by atoms with E-state index in [0.29, 0.717) is 22.3 Å². The van der Waals surface area contributed by atoms with Crippen LogP contribution in [0.25, 0.3) is 0 Å². The van der Waals surface area contributed by atoms with Crippen molar-refractivity contribution >= 4 is 28.9 Å². The van der Waals surface area contributed by atoms with Crippen LogP contribution in [0, 0.1) is 6.92 Å². The van der Waals surface area contributed by atoms with Gasteiger partial charge in [-0.1, -0.05) is 29.3 Å².